The molecule has 0 aromatic heterocycles. The van der Waals surface area contributed by atoms with Crippen LogP contribution in [0.1, 0.15) is 36.0 Å². The van der Waals surface area contributed by atoms with Crippen molar-refractivity contribution in [3.63, 3.8) is 0 Å². The van der Waals surface area contributed by atoms with E-state index in [2.05, 4.69) is 31.9 Å². The number of carbonyl (C=O) groups excluding carboxylic acids is 6. The Labute approximate surface area is 314 Å². The number of hydrogen-bond acceptors (Lipinski definition) is 9. The van der Waals surface area contributed by atoms with Crippen molar-refractivity contribution in [1.29, 1.82) is 0 Å². The summed E-state index contributed by atoms with van der Waals surface area (Å²) in [5, 5.41) is 16.1. The van der Waals surface area contributed by atoms with Crippen LogP contribution in [-0.4, -0.2) is 123 Å². The molecule has 2 aromatic rings. The Morgan fingerprint density at radius 2 is 1.45 bits per heavy atom. The highest BCUT2D eigenvalue weighted by atomic mass is 35.5. The van der Waals surface area contributed by atoms with Crippen LogP contribution >= 0.6 is 11.6 Å². The van der Waals surface area contributed by atoms with Gasteiger partial charge in [-0.2, -0.15) is 0 Å². The maximum absolute atomic E-state index is 14.0. The van der Waals surface area contributed by atoms with Crippen LogP contribution in [0.5, 0.6) is 0 Å². The molecule has 6 N–H and O–H groups in total. The number of nitrogens with one attached hydrogen (secondary N) is 6. The fourth-order valence-corrected chi connectivity index (χ4v) is 5.89. The van der Waals surface area contributed by atoms with Crippen molar-refractivity contribution >= 4 is 47.0 Å². The molecule has 2 aliphatic heterocycles. The van der Waals surface area contributed by atoms with Crippen molar-refractivity contribution in [1.82, 2.24) is 36.8 Å². The smallest absolute Gasteiger partial charge is 0.245 e. The van der Waals surface area contributed by atoms with Gasteiger partial charge in [0.05, 0.1) is 32.3 Å². The lowest BCUT2D eigenvalue weighted by Gasteiger charge is -2.28. The number of hydrogen-bond donors (Lipinski definition) is 6. The van der Waals surface area contributed by atoms with Crippen LogP contribution in [0.2, 0.25) is 0 Å². The van der Waals surface area contributed by atoms with E-state index < -0.39 is 60.0 Å². The monoisotopic (exact) mass is 755 g/mol. The molecule has 0 radical (unpaired) electrons. The maximum atomic E-state index is 14.0. The first-order chi connectivity index (χ1) is 25.6. The summed E-state index contributed by atoms with van der Waals surface area (Å²) in [6.45, 7) is 4.62. The van der Waals surface area contributed by atoms with Crippen molar-refractivity contribution < 1.29 is 38.2 Å². The predicted molar refractivity (Wildman–Crippen MR) is 197 cm³/mol. The molecule has 15 nitrogen and oxygen atoms in total. The number of morpholine rings is 1. The highest BCUT2D eigenvalue weighted by molar-refractivity contribution is 6.27. The van der Waals surface area contributed by atoms with Gasteiger partial charge in [0.25, 0.3) is 0 Å². The first-order valence-electron chi connectivity index (χ1n) is 17.9. The molecular formula is C37H50ClN7O8. The fraction of sp³-hybridized carbons (Fsp3) is 0.514. The van der Waals surface area contributed by atoms with Crippen molar-refractivity contribution in [3.05, 3.63) is 71.3 Å². The van der Waals surface area contributed by atoms with Crippen LogP contribution in [0.25, 0.3) is 0 Å². The number of ether oxygens (including phenoxy) is 2. The summed E-state index contributed by atoms with van der Waals surface area (Å²) in [6.07, 6.45) is 1.14. The van der Waals surface area contributed by atoms with E-state index in [1.807, 2.05) is 66.4 Å². The molecule has 4 atom stereocenters. The first kappa shape index (κ1) is 41.2. The Hall–Kier alpha value is -4.57. The molecule has 2 aromatic carbocycles. The van der Waals surface area contributed by atoms with Crippen LogP contribution in [-0.2, 0) is 51.2 Å². The van der Waals surface area contributed by atoms with Gasteiger partial charge in [-0.25, -0.2) is 0 Å². The lowest BCUT2D eigenvalue weighted by atomic mass is 10.0. The zero-order valence-corrected chi connectivity index (χ0v) is 30.8. The SMILES string of the molecule is Cc1ccc(CNC(=O)[C@H](Cc2ccccc2)NC(=O)[C@H](CC(=O)NCC2CCCO2)NC(=O)[C@H](CNC(=O)CCl)NC(=O)CN2CCOCC2)cc1. The maximum Gasteiger partial charge on any atom is 0.245 e. The number of nitrogens with zero attached hydrogens (tertiary/aromatic N) is 1. The standard InChI is InChI=1S/C37H50ClN7O8/c1-25-9-11-27(12-10-25)21-41-35(49)29(18-26-6-3-2-4-7-26)43-36(50)30(19-32(46)39-22-28-8-5-15-53-28)44-37(51)31(23-40-33(47)20-38)42-34(48)24-45-13-16-52-17-14-45/h2-4,6-7,9-12,28-31H,5,8,13-24H2,1H3,(H,39,46)(H,40,47)(H,41,49)(H,42,48)(H,43,50)(H,44,51)/t28?,29-,30-,31-/m0/s1. The van der Waals surface area contributed by atoms with Crippen LogP contribution in [0, 0.1) is 6.92 Å². The van der Waals surface area contributed by atoms with E-state index in [1.165, 1.54) is 0 Å². The van der Waals surface area contributed by atoms with Crippen LogP contribution in [0.3, 0.4) is 0 Å². The minimum absolute atomic E-state index is 0.0228. The summed E-state index contributed by atoms with van der Waals surface area (Å²) in [5.74, 6) is -4.06. The summed E-state index contributed by atoms with van der Waals surface area (Å²) >= 11 is 5.65. The molecule has 0 spiro atoms. The van der Waals surface area contributed by atoms with E-state index >= 15 is 0 Å². The van der Waals surface area contributed by atoms with Gasteiger partial charge >= 0.3 is 0 Å². The van der Waals surface area contributed by atoms with E-state index in [-0.39, 0.29) is 44.6 Å². The third-order valence-electron chi connectivity index (χ3n) is 8.82. The third kappa shape index (κ3) is 14.8. The molecule has 16 heteroatoms. The van der Waals surface area contributed by atoms with Gasteiger partial charge in [-0.1, -0.05) is 60.2 Å². The molecule has 2 saturated heterocycles. The van der Waals surface area contributed by atoms with Crippen molar-refractivity contribution in [2.24, 2.45) is 0 Å². The summed E-state index contributed by atoms with van der Waals surface area (Å²) in [6, 6.07) is 12.9. The van der Waals surface area contributed by atoms with Gasteiger partial charge in [-0.05, 0) is 30.9 Å². The highest BCUT2D eigenvalue weighted by Gasteiger charge is 2.32. The Bertz CT molecular complexity index is 1520. The summed E-state index contributed by atoms with van der Waals surface area (Å²) in [7, 11) is 0. The minimum Gasteiger partial charge on any atom is -0.379 e. The molecule has 0 bridgehead atoms. The molecule has 2 heterocycles. The molecule has 0 aliphatic carbocycles. The Morgan fingerprint density at radius 1 is 0.755 bits per heavy atom. The normalized spacial score (nSPS) is 17.4. The van der Waals surface area contributed by atoms with Gasteiger partial charge in [0.15, 0.2) is 0 Å². The van der Waals surface area contributed by atoms with Gasteiger partial charge in [-0.3, -0.25) is 33.7 Å². The first-order valence-corrected chi connectivity index (χ1v) is 18.4. The Balaban J connectivity index is 1.51. The molecule has 53 heavy (non-hydrogen) atoms. The predicted octanol–water partition coefficient (Wildman–Crippen LogP) is -0.319. The molecule has 288 valence electrons. The van der Waals surface area contributed by atoms with Gasteiger partial charge in [0.1, 0.15) is 24.0 Å². The van der Waals surface area contributed by atoms with Crippen molar-refractivity contribution in [3.8, 4) is 0 Å². The molecule has 0 saturated carbocycles. The largest absolute Gasteiger partial charge is 0.379 e. The molecular weight excluding hydrogens is 706 g/mol. The number of amides is 6. The van der Waals surface area contributed by atoms with Gasteiger partial charge in [0.2, 0.25) is 35.4 Å². The average Bonchev–Trinajstić information content (AvgIpc) is 3.69. The molecule has 1 unspecified atom stereocenters. The fourth-order valence-electron chi connectivity index (χ4n) is 5.80. The second kappa shape index (κ2) is 21.8. The molecule has 4 rings (SSSR count). The van der Waals surface area contributed by atoms with Gasteiger partial charge in [0, 0.05) is 45.8 Å². The van der Waals surface area contributed by atoms with E-state index in [0.29, 0.717) is 32.9 Å². The Kier molecular flexibility index (Phi) is 17.0. The second-order valence-electron chi connectivity index (χ2n) is 13.1. The number of rotatable bonds is 19. The summed E-state index contributed by atoms with van der Waals surface area (Å²) in [4.78, 5) is 81.4. The second-order valence-corrected chi connectivity index (χ2v) is 13.4. The topological polar surface area (TPSA) is 196 Å². The molecule has 6 amide bonds. The quantitative estimate of drug-likeness (QED) is 0.104. The van der Waals surface area contributed by atoms with Gasteiger partial charge in [-0.15, -0.1) is 11.6 Å². The number of halogens is 1. The van der Waals surface area contributed by atoms with Crippen LogP contribution < -0.4 is 31.9 Å². The highest BCUT2D eigenvalue weighted by Crippen LogP contribution is 2.11. The average molecular weight is 756 g/mol. The van der Waals surface area contributed by atoms with Crippen LogP contribution in [0.4, 0.5) is 0 Å². The number of aryl methyl sites for hydroxylation is 1. The molecule has 2 fully saturated rings. The zero-order valence-electron chi connectivity index (χ0n) is 30.0. The lowest BCUT2D eigenvalue weighted by Crippen LogP contribution is -2.60. The molecule has 2 aliphatic rings. The zero-order chi connectivity index (χ0) is 38.0. The lowest BCUT2D eigenvalue weighted by molar-refractivity contribution is -0.135. The van der Waals surface area contributed by atoms with E-state index in [9.17, 15) is 28.8 Å². The summed E-state index contributed by atoms with van der Waals surface area (Å²) in [5.41, 5.74) is 2.71. The van der Waals surface area contributed by atoms with E-state index in [1.54, 1.807) is 0 Å². The Morgan fingerprint density at radius 3 is 2.13 bits per heavy atom. The number of alkyl halides is 1. The summed E-state index contributed by atoms with van der Waals surface area (Å²) < 4.78 is 10.9. The van der Waals surface area contributed by atoms with Crippen LogP contribution in [0.15, 0.2) is 54.6 Å². The van der Waals surface area contributed by atoms with Crippen molar-refractivity contribution in [2.45, 2.75) is 63.4 Å². The van der Waals surface area contributed by atoms with E-state index in [4.69, 9.17) is 21.1 Å². The third-order valence-corrected chi connectivity index (χ3v) is 9.07. The number of benzene rings is 2. The van der Waals surface area contributed by atoms with Gasteiger partial charge < -0.3 is 41.4 Å². The van der Waals surface area contributed by atoms with E-state index in [0.717, 1.165) is 29.5 Å². The number of carbonyl (C=O) groups is 6. The van der Waals surface area contributed by atoms with Crippen molar-refractivity contribution in [2.75, 3.05) is 58.4 Å². The minimum atomic E-state index is -1.46.